The number of ether oxygens (including phenoxy) is 2. The molecule has 2 aromatic rings. The molecule has 0 aliphatic heterocycles. The Labute approximate surface area is 135 Å². The van der Waals surface area contributed by atoms with E-state index in [0.29, 0.717) is 22.6 Å². The number of benzene rings is 2. The Kier molecular flexibility index (Phi) is 4.46. The lowest BCUT2D eigenvalue weighted by atomic mass is 10.0. The Balaban J connectivity index is 1.99. The standard InChI is InChI=1S/C18H18NO4/c1-22-17-11-10-13(12-18(17)23-14-6-2-3-7-14)15-8-4-5-9-16(15)19(20)21/h4-5,9-12,14H,2-3,6-7H2,1H3. The van der Waals surface area contributed by atoms with Gasteiger partial charge in [0.25, 0.3) is 5.69 Å². The SMILES string of the molecule is COc1ccc(-c2[c]cccc2[N+](=O)[O-])cc1OC1CCCC1. The Morgan fingerprint density at radius 2 is 2.00 bits per heavy atom. The molecule has 5 heteroatoms. The lowest BCUT2D eigenvalue weighted by molar-refractivity contribution is -0.384. The van der Waals surface area contributed by atoms with Crippen LogP contribution in [0.3, 0.4) is 0 Å². The summed E-state index contributed by atoms with van der Waals surface area (Å²) in [6.07, 6.45) is 4.60. The van der Waals surface area contributed by atoms with E-state index >= 15 is 0 Å². The minimum Gasteiger partial charge on any atom is -0.493 e. The number of nitro benzene ring substituents is 1. The minimum atomic E-state index is -0.395. The van der Waals surface area contributed by atoms with Crippen LogP contribution in [0.4, 0.5) is 5.69 Å². The molecule has 0 atom stereocenters. The zero-order valence-corrected chi connectivity index (χ0v) is 13.0. The van der Waals surface area contributed by atoms with E-state index in [0.717, 1.165) is 12.8 Å². The zero-order chi connectivity index (χ0) is 16.2. The van der Waals surface area contributed by atoms with Crippen molar-refractivity contribution in [2.75, 3.05) is 7.11 Å². The molecule has 1 aliphatic carbocycles. The number of nitro groups is 1. The van der Waals surface area contributed by atoms with Gasteiger partial charge >= 0.3 is 0 Å². The molecule has 1 saturated carbocycles. The van der Waals surface area contributed by atoms with Crippen LogP contribution < -0.4 is 9.47 Å². The minimum absolute atomic E-state index is 0.0319. The van der Waals surface area contributed by atoms with Gasteiger partial charge < -0.3 is 9.47 Å². The second-order valence-electron chi connectivity index (χ2n) is 5.58. The van der Waals surface area contributed by atoms with Crippen molar-refractivity contribution in [3.63, 3.8) is 0 Å². The van der Waals surface area contributed by atoms with Crippen LogP contribution in [0.25, 0.3) is 11.1 Å². The molecular weight excluding hydrogens is 294 g/mol. The first-order valence-corrected chi connectivity index (χ1v) is 7.69. The average Bonchev–Trinajstić information content (AvgIpc) is 3.08. The summed E-state index contributed by atoms with van der Waals surface area (Å²) < 4.78 is 11.4. The number of methoxy groups -OCH3 is 1. The lowest BCUT2D eigenvalue weighted by Crippen LogP contribution is -2.11. The fourth-order valence-corrected chi connectivity index (χ4v) is 2.92. The molecule has 1 fully saturated rings. The smallest absolute Gasteiger partial charge is 0.277 e. The number of nitrogens with zero attached hydrogens (tertiary/aromatic N) is 1. The van der Waals surface area contributed by atoms with Gasteiger partial charge in [-0.2, -0.15) is 0 Å². The quantitative estimate of drug-likeness (QED) is 0.606. The highest BCUT2D eigenvalue weighted by molar-refractivity contribution is 5.74. The number of hydrogen-bond donors (Lipinski definition) is 0. The summed E-state index contributed by atoms with van der Waals surface area (Å²) in [5.41, 5.74) is 1.19. The second-order valence-corrected chi connectivity index (χ2v) is 5.58. The Bertz CT molecular complexity index is 708. The molecule has 2 aromatic carbocycles. The van der Waals surface area contributed by atoms with Crippen molar-refractivity contribution >= 4 is 5.69 Å². The van der Waals surface area contributed by atoms with Gasteiger partial charge in [0.15, 0.2) is 11.5 Å². The van der Waals surface area contributed by atoms with Crippen molar-refractivity contribution in [2.24, 2.45) is 0 Å². The van der Waals surface area contributed by atoms with Crippen LogP contribution in [0.5, 0.6) is 11.5 Å². The maximum Gasteiger partial charge on any atom is 0.277 e. The summed E-state index contributed by atoms with van der Waals surface area (Å²) >= 11 is 0. The predicted octanol–water partition coefficient (Wildman–Crippen LogP) is 4.39. The highest BCUT2D eigenvalue weighted by Gasteiger charge is 2.20. The van der Waals surface area contributed by atoms with Crippen molar-refractivity contribution in [1.82, 2.24) is 0 Å². The molecule has 23 heavy (non-hydrogen) atoms. The molecule has 0 unspecified atom stereocenters. The van der Waals surface area contributed by atoms with E-state index in [2.05, 4.69) is 6.07 Å². The van der Waals surface area contributed by atoms with Gasteiger partial charge in [0.2, 0.25) is 0 Å². The fraction of sp³-hybridized carbons (Fsp3) is 0.333. The van der Waals surface area contributed by atoms with Crippen LogP contribution in [-0.2, 0) is 0 Å². The van der Waals surface area contributed by atoms with Crippen molar-refractivity contribution in [2.45, 2.75) is 31.8 Å². The molecule has 1 radical (unpaired) electrons. The number of hydrogen-bond acceptors (Lipinski definition) is 4. The van der Waals surface area contributed by atoms with Crippen molar-refractivity contribution in [1.29, 1.82) is 0 Å². The largest absolute Gasteiger partial charge is 0.493 e. The summed E-state index contributed by atoms with van der Waals surface area (Å²) in [5.74, 6) is 1.27. The number of rotatable bonds is 5. The Morgan fingerprint density at radius 1 is 1.22 bits per heavy atom. The molecule has 0 bridgehead atoms. The molecule has 0 spiro atoms. The summed E-state index contributed by atoms with van der Waals surface area (Å²) in [6, 6.07) is 13.1. The molecule has 1 aliphatic rings. The molecule has 0 saturated heterocycles. The molecule has 0 heterocycles. The van der Waals surface area contributed by atoms with Gasteiger partial charge in [0.1, 0.15) is 0 Å². The van der Waals surface area contributed by atoms with Crippen LogP contribution in [0.2, 0.25) is 0 Å². The van der Waals surface area contributed by atoms with Crippen LogP contribution in [0.1, 0.15) is 25.7 Å². The third-order valence-corrected chi connectivity index (χ3v) is 4.08. The molecule has 3 rings (SSSR count). The van der Waals surface area contributed by atoms with Gasteiger partial charge in [-0.1, -0.05) is 18.2 Å². The van der Waals surface area contributed by atoms with Gasteiger partial charge in [0.05, 0.1) is 23.7 Å². The van der Waals surface area contributed by atoms with Crippen LogP contribution in [-0.4, -0.2) is 18.1 Å². The van der Waals surface area contributed by atoms with Crippen molar-refractivity contribution in [3.05, 3.63) is 52.6 Å². The fourth-order valence-electron chi connectivity index (χ4n) is 2.92. The monoisotopic (exact) mass is 312 g/mol. The van der Waals surface area contributed by atoms with E-state index < -0.39 is 4.92 Å². The van der Waals surface area contributed by atoms with Crippen LogP contribution >= 0.6 is 0 Å². The average molecular weight is 312 g/mol. The molecule has 0 N–H and O–H groups in total. The normalized spacial score (nSPS) is 14.7. The molecule has 119 valence electrons. The lowest BCUT2D eigenvalue weighted by Gasteiger charge is -2.17. The van der Waals surface area contributed by atoms with Gasteiger partial charge in [-0.3, -0.25) is 10.1 Å². The molecule has 5 nitrogen and oxygen atoms in total. The predicted molar refractivity (Wildman–Crippen MR) is 86.8 cm³/mol. The summed E-state index contributed by atoms with van der Waals surface area (Å²) in [5, 5.41) is 11.2. The first-order chi connectivity index (χ1) is 11.2. The van der Waals surface area contributed by atoms with E-state index in [1.807, 2.05) is 0 Å². The topological polar surface area (TPSA) is 61.6 Å². The third kappa shape index (κ3) is 3.28. The maximum atomic E-state index is 11.2. The van der Waals surface area contributed by atoms with E-state index in [1.165, 1.54) is 18.9 Å². The first kappa shape index (κ1) is 15.3. The molecular formula is C18H18NO4. The summed E-state index contributed by atoms with van der Waals surface area (Å²) in [6.45, 7) is 0. The van der Waals surface area contributed by atoms with Crippen molar-refractivity contribution in [3.8, 4) is 22.6 Å². The van der Waals surface area contributed by atoms with E-state index in [9.17, 15) is 10.1 Å². The van der Waals surface area contributed by atoms with Gasteiger partial charge in [0, 0.05) is 6.07 Å². The molecule has 0 amide bonds. The van der Waals surface area contributed by atoms with E-state index in [-0.39, 0.29) is 11.8 Å². The highest BCUT2D eigenvalue weighted by Crippen LogP contribution is 2.37. The van der Waals surface area contributed by atoms with Crippen molar-refractivity contribution < 1.29 is 14.4 Å². The van der Waals surface area contributed by atoms with Gasteiger partial charge in [-0.15, -0.1) is 0 Å². The van der Waals surface area contributed by atoms with Crippen LogP contribution in [0, 0.1) is 16.2 Å². The van der Waals surface area contributed by atoms with E-state index in [1.54, 1.807) is 37.4 Å². The van der Waals surface area contributed by atoms with E-state index in [4.69, 9.17) is 9.47 Å². The Morgan fingerprint density at radius 3 is 2.70 bits per heavy atom. The second kappa shape index (κ2) is 6.69. The maximum absolute atomic E-state index is 11.2. The highest BCUT2D eigenvalue weighted by atomic mass is 16.6. The van der Waals surface area contributed by atoms with Gasteiger partial charge in [-0.25, -0.2) is 0 Å². The summed E-state index contributed by atoms with van der Waals surface area (Å²) in [4.78, 5) is 10.8. The first-order valence-electron chi connectivity index (χ1n) is 7.69. The zero-order valence-electron chi connectivity index (χ0n) is 13.0. The Hall–Kier alpha value is -2.56. The molecule has 0 aromatic heterocycles. The summed E-state index contributed by atoms with van der Waals surface area (Å²) in [7, 11) is 1.59. The van der Waals surface area contributed by atoms with Gasteiger partial charge in [-0.05, 0) is 49.4 Å². The van der Waals surface area contributed by atoms with Crippen LogP contribution in [0.15, 0.2) is 36.4 Å². The third-order valence-electron chi connectivity index (χ3n) is 4.08.